The molecule has 0 saturated heterocycles. The summed E-state index contributed by atoms with van der Waals surface area (Å²) in [5.41, 5.74) is 0.406. The highest BCUT2D eigenvalue weighted by Crippen LogP contribution is 2.20. The van der Waals surface area contributed by atoms with E-state index in [-0.39, 0.29) is 10.9 Å². The predicted molar refractivity (Wildman–Crippen MR) is 61.3 cm³/mol. The van der Waals surface area contributed by atoms with Crippen molar-refractivity contribution in [3.8, 4) is 0 Å². The van der Waals surface area contributed by atoms with Crippen LogP contribution in [-0.2, 0) is 4.79 Å². The summed E-state index contributed by atoms with van der Waals surface area (Å²) in [6.45, 7) is 3.55. The van der Waals surface area contributed by atoms with Crippen LogP contribution in [0.15, 0.2) is 18.2 Å². The van der Waals surface area contributed by atoms with E-state index in [9.17, 15) is 9.18 Å². The van der Waals surface area contributed by atoms with Crippen molar-refractivity contribution in [2.75, 3.05) is 5.32 Å². The number of halogens is 2. The summed E-state index contributed by atoms with van der Waals surface area (Å²) in [5.74, 6) is -1.64. The van der Waals surface area contributed by atoms with Gasteiger partial charge in [-0.3, -0.25) is 0 Å². The predicted octanol–water partition coefficient (Wildman–Crippen LogP) is 3.00. The summed E-state index contributed by atoms with van der Waals surface area (Å²) in [5, 5.41) is 11.7. The van der Waals surface area contributed by atoms with Crippen molar-refractivity contribution in [1.82, 2.24) is 0 Å². The zero-order valence-electron chi connectivity index (χ0n) is 9.00. The topological polar surface area (TPSA) is 49.3 Å². The molecule has 0 bridgehead atoms. The molecule has 0 amide bonds. The number of rotatable bonds is 4. The van der Waals surface area contributed by atoms with E-state index in [1.165, 1.54) is 12.1 Å². The van der Waals surface area contributed by atoms with Crippen molar-refractivity contribution in [2.24, 2.45) is 5.92 Å². The largest absolute Gasteiger partial charge is 0.480 e. The molecule has 1 unspecified atom stereocenters. The van der Waals surface area contributed by atoms with Crippen LogP contribution < -0.4 is 5.32 Å². The molecular weight excluding hydrogens is 233 g/mol. The molecule has 16 heavy (non-hydrogen) atoms. The average Bonchev–Trinajstić information content (AvgIpc) is 2.18. The Kier molecular flexibility index (Phi) is 4.12. The molecule has 0 spiro atoms. The van der Waals surface area contributed by atoms with E-state index in [0.717, 1.165) is 0 Å². The molecule has 5 heteroatoms. The number of hydrogen-bond acceptors (Lipinski definition) is 2. The maximum Gasteiger partial charge on any atom is 0.326 e. The molecule has 3 nitrogen and oxygen atoms in total. The molecule has 0 aliphatic heterocycles. The Bertz CT molecular complexity index is 396. The van der Waals surface area contributed by atoms with Crippen molar-refractivity contribution in [3.05, 3.63) is 29.0 Å². The third-order valence-electron chi connectivity index (χ3n) is 2.17. The number of anilines is 1. The van der Waals surface area contributed by atoms with Gasteiger partial charge in [0, 0.05) is 5.69 Å². The lowest BCUT2D eigenvalue weighted by atomic mass is 10.0. The van der Waals surface area contributed by atoms with Crippen molar-refractivity contribution in [3.63, 3.8) is 0 Å². The fraction of sp³-hybridized carbons (Fsp3) is 0.364. The molecule has 0 fully saturated rings. The Labute approximate surface area is 98.2 Å². The summed E-state index contributed by atoms with van der Waals surface area (Å²) < 4.78 is 13.1. The van der Waals surface area contributed by atoms with Crippen LogP contribution in [0.2, 0.25) is 5.02 Å². The molecule has 0 radical (unpaired) electrons. The number of hydrogen-bond donors (Lipinski definition) is 2. The monoisotopic (exact) mass is 245 g/mol. The van der Waals surface area contributed by atoms with Crippen LogP contribution in [0.25, 0.3) is 0 Å². The smallest absolute Gasteiger partial charge is 0.326 e. The van der Waals surface area contributed by atoms with Crippen molar-refractivity contribution in [1.29, 1.82) is 0 Å². The maximum atomic E-state index is 13.1. The lowest BCUT2D eigenvalue weighted by Crippen LogP contribution is -2.34. The Morgan fingerprint density at radius 2 is 2.12 bits per heavy atom. The molecular formula is C11H13ClFNO2. The van der Waals surface area contributed by atoms with Crippen molar-refractivity contribution < 1.29 is 14.3 Å². The summed E-state index contributed by atoms with van der Waals surface area (Å²) in [6, 6.07) is 3.36. The first-order chi connectivity index (χ1) is 7.41. The van der Waals surface area contributed by atoms with E-state index in [1.54, 1.807) is 19.9 Å². The number of carboxylic acid groups (broad SMARTS) is 1. The zero-order chi connectivity index (χ0) is 12.3. The quantitative estimate of drug-likeness (QED) is 0.857. The van der Waals surface area contributed by atoms with Crippen molar-refractivity contribution in [2.45, 2.75) is 19.9 Å². The minimum absolute atomic E-state index is 0.0157. The third kappa shape index (κ3) is 3.10. The van der Waals surface area contributed by atoms with Gasteiger partial charge in [0.1, 0.15) is 11.9 Å². The maximum absolute atomic E-state index is 13.1. The van der Waals surface area contributed by atoms with E-state index in [0.29, 0.717) is 5.69 Å². The molecule has 2 N–H and O–H groups in total. The third-order valence-corrected chi connectivity index (χ3v) is 2.48. The molecule has 88 valence electrons. The van der Waals surface area contributed by atoms with Crippen molar-refractivity contribution >= 4 is 23.3 Å². The number of carbonyl (C=O) groups is 1. The number of benzene rings is 1. The van der Waals surface area contributed by atoms with E-state index < -0.39 is 17.8 Å². The van der Waals surface area contributed by atoms with Gasteiger partial charge in [0.25, 0.3) is 0 Å². The highest BCUT2D eigenvalue weighted by atomic mass is 35.5. The Hall–Kier alpha value is -1.29. The second-order valence-electron chi connectivity index (χ2n) is 3.83. The summed E-state index contributed by atoms with van der Waals surface area (Å²) in [4.78, 5) is 10.9. The van der Waals surface area contributed by atoms with Gasteiger partial charge >= 0.3 is 5.97 Å². The summed E-state index contributed by atoms with van der Waals surface area (Å²) in [6.07, 6.45) is 0. The second kappa shape index (κ2) is 5.16. The Balaban J connectivity index is 2.86. The van der Waals surface area contributed by atoms with E-state index in [4.69, 9.17) is 16.7 Å². The van der Waals surface area contributed by atoms with Crippen LogP contribution >= 0.6 is 11.6 Å². The molecule has 0 aromatic heterocycles. The second-order valence-corrected chi connectivity index (χ2v) is 4.24. The van der Waals surface area contributed by atoms with Gasteiger partial charge in [-0.15, -0.1) is 0 Å². The zero-order valence-corrected chi connectivity index (χ0v) is 9.75. The van der Waals surface area contributed by atoms with E-state index >= 15 is 0 Å². The SMILES string of the molecule is CC(C)C(Nc1ccc(Cl)c(F)c1)C(=O)O. The number of carboxylic acids is 1. The van der Waals surface area contributed by atoms with Gasteiger partial charge in [-0.2, -0.15) is 0 Å². The summed E-state index contributed by atoms with van der Waals surface area (Å²) >= 11 is 5.52. The Morgan fingerprint density at radius 3 is 2.56 bits per heavy atom. The molecule has 0 aliphatic rings. The molecule has 1 rings (SSSR count). The van der Waals surface area contributed by atoms with E-state index in [2.05, 4.69) is 5.32 Å². The lowest BCUT2D eigenvalue weighted by Gasteiger charge is -2.19. The number of aliphatic carboxylic acids is 1. The highest BCUT2D eigenvalue weighted by Gasteiger charge is 2.21. The van der Waals surface area contributed by atoms with Gasteiger partial charge < -0.3 is 10.4 Å². The van der Waals surface area contributed by atoms with Crippen LogP contribution in [0.3, 0.4) is 0 Å². The van der Waals surface area contributed by atoms with Crippen LogP contribution in [-0.4, -0.2) is 17.1 Å². The molecule has 0 aliphatic carbocycles. The van der Waals surface area contributed by atoms with Crippen LogP contribution in [0.4, 0.5) is 10.1 Å². The fourth-order valence-electron chi connectivity index (χ4n) is 1.28. The highest BCUT2D eigenvalue weighted by molar-refractivity contribution is 6.30. The lowest BCUT2D eigenvalue weighted by molar-refractivity contribution is -0.138. The van der Waals surface area contributed by atoms with Crippen LogP contribution in [0.5, 0.6) is 0 Å². The van der Waals surface area contributed by atoms with Gasteiger partial charge in [0.2, 0.25) is 0 Å². The summed E-state index contributed by atoms with van der Waals surface area (Å²) in [7, 11) is 0. The van der Waals surface area contributed by atoms with Gasteiger partial charge in [-0.1, -0.05) is 25.4 Å². The molecule has 1 aromatic rings. The minimum Gasteiger partial charge on any atom is -0.480 e. The molecule has 1 aromatic carbocycles. The van der Waals surface area contributed by atoms with Gasteiger partial charge in [-0.05, 0) is 24.1 Å². The fourth-order valence-corrected chi connectivity index (χ4v) is 1.40. The molecule has 0 heterocycles. The van der Waals surface area contributed by atoms with Crippen LogP contribution in [0.1, 0.15) is 13.8 Å². The number of nitrogens with one attached hydrogen (secondary N) is 1. The van der Waals surface area contributed by atoms with E-state index in [1.807, 2.05) is 0 Å². The first kappa shape index (κ1) is 12.8. The van der Waals surface area contributed by atoms with Gasteiger partial charge in [0.15, 0.2) is 0 Å². The molecule has 1 atom stereocenters. The average molecular weight is 246 g/mol. The Morgan fingerprint density at radius 1 is 1.50 bits per heavy atom. The van der Waals surface area contributed by atoms with Crippen LogP contribution in [0, 0.1) is 11.7 Å². The first-order valence-electron chi connectivity index (χ1n) is 4.86. The first-order valence-corrected chi connectivity index (χ1v) is 5.24. The minimum atomic E-state index is -0.967. The molecule has 0 saturated carbocycles. The standard InChI is InChI=1S/C11H13ClFNO2/c1-6(2)10(11(15)16)14-7-3-4-8(12)9(13)5-7/h3-6,10,14H,1-2H3,(H,15,16). The van der Waals surface area contributed by atoms with Gasteiger partial charge in [0.05, 0.1) is 5.02 Å². The normalized spacial score (nSPS) is 12.6. The van der Waals surface area contributed by atoms with Gasteiger partial charge in [-0.25, -0.2) is 9.18 Å².